The van der Waals surface area contributed by atoms with Gasteiger partial charge in [-0.3, -0.25) is 9.69 Å². The van der Waals surface area contributed by atoms with E-state index in [2.05, 4.69) is 10.3 Å². The van der Waals surface area contributed by atoms with E-state index in [9.17, 15) is 4.79 Å². The van der Waals surface area contributed by atoms with Crippen LogP contribution in [0.25, 0.3) is 10.2 Å². The predicted molar refractivity (Wildman–Crippen MR) is 80.4 cm³/mol. The minimum absolute atomic E-state index is 0.0450. The first-order chi connectivity index (χ1) is 9.01. The summed E-state index contributed by atoms with van der Waals surface area (Å²) in [5, 5.41) is 3.46. The van der Waals surface area contributed by atoms with Gasteiger partial charge in [0.05, 0.1) is 16.3 Å². The average molecular weight is 278 g/mol. The Morgan fingerprint density at radius 2 is 2.32 bits per heavy atom. The summed E-state index contributed by atoms with van der Waals surface area (Å²) in [6.07, 6.45) is 0. The van der Waals surface area contributed by atoms with Crippen molar-refractivity contribution in [1.82, 2.24) is 9.88 Å². The summed E-state index contributed by atoms with van der Waals surface area (Å²) in [4.78, 5) is 18.4. The lowest BCUT2D eigenvalue weighted by Gasteiger charge is -2.21. The topological polar surface area (TPSA) is 71.2 Å². The molecule has 0 aliphatic carbocycles. The number of thiazole rings is 1. The van der Waals surface area contributed by atoms with Crippen LogP contribution >= 0.6 is 11.3 Å². The summed E-state index contributed by atoms with van der Waals surface area (Å²) in [5.74, 6) is -0.0450. The van der Waals surface area contributed by atoms with Crippen LogP contribution in [-0.4, -0.2) is 35.4 Å². The fourth-order valence-electron chi connectivity index (χ4n) is 1.68. The number of aromatic nitrogens is 1. The van der Waals surface area contributed by atoms with E-state index >= 15 is 0 Å². The first-order valence-corrected chi connectivity index (χ1v) is 7.00. The number of carbonyl (C=O) groups excluding carboxylic acids is 1. The normalized spacial score (nSPS) is 12.8. The molecule has 2 rings (SSSR count). The molecule has 0 bridgehead atoms. The molecule has 6 heteroatoms. The highest BCUT2D eigenvalue weighted by molar-refractivity contribution is 7.22. The molecule has 1 unspecified atom stereocenters. The first kappa shape index (κ1) is 13.8. The molecule has 0 fully saturated rings. The Bertz CT molecular complexity index is 595. The number of nitrogens with two attached hydrogens (primary N) is 1. The molecule has 1 aromatic carbocycles. The van der Waals surface area contributed by atoms with Crippen LogP contribution in [-0.2, 0) is 4.79 Å². The lowest BCUT2D eigenvalue weighted by Crippen LogP contribution is -2.39. The Morgan fingerprint density at radius 3 is 3.00 bits per heavy atom. The highest BCUT2D eigenvalue weighted by Gasteiger charge is 2.18. The first-order valence-electron chi connectivity index (χ1n) is 6.18. The molecule has 102 valence electrons. The summed E-state index contributed by atoms with van der Waals surface area (Å²) >= 11 is 1.43. The van der Waals surface area contributed by atoms with E-state index in [4.69, 9.17) is 5.73 Å². The molecule has 0 aliphatic heterocycles. The number of hydrogen-bond donors (Lipinski definition) is 2. The lowest BCUT2D eigenvalue weighted by molar-refractivity contribution is -0.120. The molecular weight excluding hydrogens is 260 g/mol. The van der Waals surface area contributed by atoms with Gasteiger partial charge in [0.2, 0.25) is 5.91 Å². The second-order valence-electron chi connectivity index (χ2n) is 4.48. The molecular formula is C13H18N4OS. The van der Waals surface area contributed by atoms with E-state index < -0.39 is 0 Å². The van der Waals surface area contributed by atoms with Gasteiger partial charge < -0.3 is 11.1 Å². The second-order valence-corrected chi connectivity index (χ2v) is 5.52. The number of amides is 1. The molecule has 2 aromatic rings. The molecule has 0 radical (unpaired) electrons. The molecule has 1 amide bonds. The van der Waals surface area contributed by atoms with E-state index in [1.54, 1.807) is 6.07 Å². The Hall–Kier alpha value is -1.66. The van der Waals surface area contributed by atoms with Gasteiger partial charge in [-0.25, -0.2) is 4.98 Å². The Labute approximate surface area is 116 Å². The molecule has 0 spiro atoms. The predicted octanol–water partition coefficient (Wildman–Crippen LogP) is 2.16. The molecule has 1 atom stereocenters. The summed E-state index contributed by atoms with van der Waals surface area (Å²) in [5.41, 5.74) is 7.28. The van der Waals surface area contributed by atoms with Crippen molar-refractivity contribution < 1.29 is 4.79 Å². The Morgan fingerprint density at radius 1 is 1.58 bits per heavy atom. The standard InChI is InChI=1S/C13H18N4OS/c1-4-17(3)8(2)12(18)16-13-15-10-6-5-9(14)7-11(10)19-13/h5-8H,4,14H2,1-3H3,(H,15,16,18). The number of nitrogens with one attached hydrogen (secondary N) is 1. The van der Waals surface area contributed by atoms with Gasteiger partial charge in [0, 0.05) is 5.69 Å². The third kappa shape index (κ3) is 3.02. The number of carbonyl (C=O) groups is 1. The smallest absolute Gasteiger partial charge is 0.243 e. The van der Waals surface area contributed by atoms with Crippen molar-refractivity contribution in [3.05, 3.63) is 18.2 Å². The van der Waals surface area contributed by atoms with Gasteiger partial charge in [-0.05, 0) is 38.7 Å². The second kappa shape index (κ2) is 5.54. The van der Waals surface area contributed by atoms with E-state index in [0.29, 0.717) is 10.8 Å². The van der Waals surface area contributed by atoms with Crippen molar-refractivity contribution in [3.8, 4) is 0 Å². The van der Waals surface area contributed by atoms with Crippen molar-refractivity contribution in [2.24, 2.45) is 0 Å². The number of nitrogens with zero attached hydrogens (tertiary/aromatic N) is 2. The molecule has 0 saturated carbocycles. The van der Waals surface area contributed by atoms with Crippen molar-refractivity contribution in [2.45, 2.75) is 19.9 Å². The fraction of sp³-hybridized carbons (Fsp3) is 0.385. The van der Waals surface area contributed by atoms with E-state index in [-0.39, 0.29) is 11.9 Å². The van der Waals surface area contributed by atoms with Gasteiger partial charge in [0.15, 0.2) is 5.13 Å². The Balaban J connectivity index is 2.15. The quantitative estimate of drug-likeness (QED) is 0.841. The maximum absolute atomic E-state index is 12.0. The maximum atomic E-state index is 12.0. The van der Waals surface area contributed by atoms with Gasteiger partial charge in [-0.1, -0.05) is 18.3 Å². The third-order valence-electron chi connectivity index (χ3n) is 3.18. The largest absolute Gasteiger partial charge is 0.399 e. The number of anilines is 2. The number of fused-ring (bicyclic) bond motifs is 1. The van der Waals surface area contributed by atoms with Crippen LogP contribution in [0.5, 0.6) is 0 Å². The van der Waals surface area contributed by atoms with Gasteiger partial charge in [-0.2, -0.15) is 0 Å². The Kier molecular flexibility index (Phi) is 4.01. The summed E-state index contributed by atoms with van der Waals surface area (Å²) < 4.78 is 0.979. The van der Waals surface area contributed by atoms with Gasteiger partial charge in [0.1, 0.15) is 0 Å². The number of likely N-dealkylation sites (N-methyl/N-ethyl adjacent to an activating group) is 1. The van der Waals surface area contributed by atoms with Gasteiger partial charge in [0.25, 0.3) is 0 Å². The molecule has 1 heterocycles. The van der Waals surface area contributed by atoms with Crippen molar-refractivity contribution >= 4 is 38.3 Å². The van der Waals surface area contributed by atoms with Crippen LogP contribution in [0.1, 0.15) is 13.8 Å². The SMILES string of the molecule is CCN(C)C(C)C(=O)Nc1nc2ccc(N)cc2s1. The average Bonchev–Trinajstić information content (AvgIpc) is 2.77. The minimum Gasteiger partial charge on any atom is -0.399 e. The van der Waals surface area contributed by atoms with E-state index in [1.807, 2.05) is 37.9 Å². The molecule has 1 aromatic heterocycles. The fourth-order valence-corrected chi connectivity index (χ4v) is 2.60. The van der Waals surface area contributed by atoms with Gasteiger partial charge >= 0.3 is 0 Å². The zero-order valence-corrected chi connectivity index (χ0v) is 12.1. The summed E-state index contributed by atoms with van der Waals surface area (Å²) in [6.45, 7) is 4.72. The maximum Gasteiger partial charge on any atom is 0.243 e. The zero-order chi connectivity index (χ0) is 14.0. The van der Waals surface area contributed by atoms with E-state index in [1.165, 1.54) is 11.3 Å². The number of benzene rings is 1. The minimum atomic E-state index is -0.179. The van der Waals surface area contributed by atoms with E-state index in [0.717, 1.165) is 16.8 Å². The zero-order valence-electron chi connectivity index (χ0n) is 11.3. The summed E-state index contributed by atoms with van der Waals surface area (Å²) in [6, 6.07) is 5.35. The molecule has 19 heavy (non-hydrogen) atoms. The molecule has 0 saturated heterocycles. The third-order valence-corrected chi connectivity index (χ3v) is 4.12. The van der Waals surface area contributed by atoms with Crippen molar-refractivity contribution in [2.75, 3.05) is 24.6 Å². The highest BCUT2D eigenvalue weighted by atomic mass is 32.1. The van der Waals surface area contributed by atoms with Crippen LogP contribution in [0.2, 0.25) is 0 Å². The monoisotopic (exact) mass is 278 g/mol. The number of hydrogen-bond acceptors (Lipinski definition) is 5. The van der Waals surface area contributed by atoms with Crippen LogP contribution in [0.15, 0.2) is 18.2 Å². The van der Waals surface area contributed by atoms with Crippen LogP contribution in [0.4, 0.5) is 10.8 Å². The number of rotatable bonds is 4. The highest BCUT2D eigenvalue weighted by Crippen LogP contribution is 2.27. The number of nitrogen functional groups attached to an aromatic ring is 1. The van der Waals surface area contributed by atoms with Crippen molar-refractivity contribution in [3.63, 3.8) is 0 Å². The molecule has 5 nitrogen and oxygen atoms in total. The van der Waals surface area contributed by atoms with Crippen LogP contribution < -0.4 is 11.1 Å². The van der Waals surface area contributed by atoms with Crippen LogP contribution in [0.3, 0.4) is 0 Å². The lowest BCUT2D eigenvalue weighted by atomic mass is 10.3. The van der Waals surface area contributed by atoms with Crippen LogP contribution in [0, 0.1) is 0 Å². The molecule has 0 aliphatic rings. The van der Waals surface area contributed by atoms with Crippen molar-refractivity contribution in [1.29, 1.82) is 0 Å². The molecule has 3 N–H and O–H groups in total. The summed E-state index contributed by atoms with van der Waals surface area (Å²) in [7, 11) is 1.92. The van der Waals surface area contributed by atoms with Gasteiger partial charge in [-0.15, -0.1) is 0 Å².